The molecular weight excluding hydrogens is 328 g/mol. The van der Waals surface area contributed by atoms with Crippen molar-refractivity contribution in [3.05, 3.63) is 22.7 Å². The van der Waals surface area contributed by atoms with Crippen LogP contribution in [0.5, 0.6) is 11.5 Å². The second kappa shape index (κ2) is 9.14. The Bertz CT molecular complexity index is 565. The maximum atomic E-state index is 12.6. The van der Waals surface area contributed by atoms with E-state index < -0.39 is 0 Å². The maximum Gasteiger partial charge on any atom is 0.251 e. The molecule has 0 bridgehead atoms. The number of rotatable bonds is 7. The van der Waals surface area contributed by atoms with Crippen molar-refractivity contribution in [3.8, 4) is 11.5 Å². The van der Waals surface area contributed by atoms with E-state index in [4.69, 9.17) is 21.1 Å². The number of hydrogen-bond donors (Lipinski definition) is 2. The molecule has 1 fully saturated rings. The highest BCUT2D eigenvalue weighted by Gasteiger charge is 2.24. The average molecular weight is 355 g/mol. The van der Waals surface area contributed by atoms with E-state index in [0.717, 1.165) is 25.9 Å². The van der Waals surface area contributed by atoms with Crippen LogP contribution in [0, 0.1) is 5.92 Å². The van der Waals surface area contributed by atoms with Crippen molar-refractivity contribution in [1.29, 1.82) is 0 Å². The number of carbonyl (C=O) groups is 1. The van der Waals surface area contributed by atoms with Gasteiger partial charge in [0.25, 0.3) is 5.91 Å². The molecule has 1 aliphatic rings. The fourth-order valence-corrected chi connectivity index (χ4v) is 3.05. The molecule has 0 aromatic heterocycles. The monoisotopic (exact) mass is 354 g/mol. The van der Waals surface area contributed by atoms with Crippen LogP contribution in [0.25, 0.3) is 0 Å². The summed E-state index contributed by atoms with van der Waals surface area (Å²) in [5.41, 5.74) is 0.498. The Kier molecular flexibility index (Phi) is 7.18. The summed E-state index contributed by atoms with van der Waals surface area (Å²) in [5.74, 6) is 1.30. The van der Waals surface area contributed by atoms with Crippen LogP contribution in [-0.4, -0.2) is 38.3 Å². The van der Waals surface area contributed by atoms with Gasteiger partial charge in [-0.15, -0.1) is 0 Å². The molecule has 1 heterocycles. The van der Waals surface area contributed by atoms with Crippen molar-refractivity contribution < 1.29 is 14.3 Å². The first-order chi connectivity index (χ1) is 11.6. The van der Waals surface area contributed by atoms with Gasteiger partial charge in [0.05, 0.1) is 18.2 Å². The lowest BCUT2D eigenvalue weighted by Crippen LogP contribution is -2.48. The van der Waals surface area contributed by atoms with Gasteiger partial charge in [0, 0.05) is 11.6 Å². The van der Waals surface area contributed by atoms with Gasteiger partial charge < -0.3 is 20.1 Å². The SMILES string of the molecule is CCCOc1c(Cl)cc(C(=O)NC2CCNCC2C)cc1OCC. The van der Waals surface area contributed by atoms with Gasteiger partial charge >= 0.3 is 0 Å². The van der Waals surface area contributed by atoms with Crippen molar-refractivity contribution in [3.63, 3.8) is 0 Å². The van der Waals surface area contributed by atoms with Gasteiger partial charge in [0.1, 0.15) is 0 Å². The van der Waals surface area contributed by atoms with Crippen molar-refractivity contribution in [2.45, 2.75) is 39.7 Å². The average Bonchev–Trinajstić information content (AvgIpc) is 2.56. The number of piperidine rings is 1. The number of amides is 1. The summed E-state index contributed by atoms with van der Waals surface area (Å²) >= 11 is 6.33. The van der Waals surface area contributed by atoms with Gasteiger partial charge in [-0.3, -0.25) is 4.79 Å². The van der Waals surface area contributed by atoms with E-state index >= 15 is 0 Å². The normalized spacial score (nSPS) is 20.5. The Morgan fingerprint density at radius 3 is 2.83 bits per heavy atom. The van der Waals surface area contributed by atoms with E-state index in [1.807, 2.05) is 13.8 Å². The molecule has 134 valence electrons. The van der Waals surface area contributed by atoms with Crippen LogP contribution in [-0.2, 0) is 0 Å². The lowest BCUT2D eigenvalue weighted by molar-refractivity contribution is 0.0913. The molecule has 0 spiro atoms. The van der Waals surface area contributed by atoms with Gasteiger partial charge in [-0.2, -0.15) is 0 Å². The minimum absolute atomic E-state index is 0.126. The van der Waals surface area contributed by atoms with E-state index in [2.05, 4.69) is 17.6 Å². The molecule has 1 aromatic carbocycles. The smallest absolute Gasteiger partial charge is 0.251 e. The molecule has 0 saturated carbocycles. The molecule has 1 saturated heterocycles. The Balaban J connectivity index is 2.18. The van der Waals surface area contributed by atoms with Gasteiger partial charge in [0.15, 0.2) is 11.5 Å². The second-order valence-electron chi connectivity index (χ2n) is 6.12. The third-order valence-corrected chi connectivity index (χ3v) is 4.40. The molecule has 6 heteroatoms. The highest BCUT2D eigenvalue weighted by atomic mass is 35.5. The topological polar surface area (TPSA) is 59.6 Å². The first-order valence-corrected chi connectivity index (χ1v) is 9.05. The molecule has 2 unspecified atom stereocenters. The van der Waals surface area contributed by atoms with Crippen LogP contribution in [0.3, 0.4) is 0 Å². The van der Waals surface area contributed by atoms with E-state index in [1.54, 1.807) is 12.1 Å². The fourth-order valence-electron chi connectivity index (χ4n) is 2.79. The summed E-state index contributed by atoms with van der Waals surface area (Å²) in [5, 5.41) is 6.84. The predicted molar refractivity (Wildman–Crippen MR) is 96.3 cm³/mol. The van der Waals surface area contributed by atoms with Crippen LogP contribution in [0.2, 0.25) is 5.02 Å². The lowest BCUT2D eigenvalue weighted by Gasteiger charge is -2.30. The Morgan fingerprint density at radius 2 is 2.17 bits per heavy atom. The van der Waals surface area contributed by atoms with Crippen LogP contribution >= 0.6 is 11.6 Å². The Labute approximate surface area is 149 Å². The maximum absolute atomic E-state index is 12.6. The molecule has 2 atom stereocenters. The van der Waals surface area contributed by atoms with Crippen molar-refractivity contribution in [2.75, 3.05) is 26.3 Å². The number of hydrogen-bond acceptors (Lipinski definition) is 4. The number of halogens is 1. The number of benzene rings is 1. The van der Waals surface area contributed by atoms with E-state index in [-0.39, 0.29) is 11.9 Å². The summed E-state index contributed by atoms with van der Waals surface area (Å²) in [4.78, 5) is 12.6. The molecule has 1 amide bonds. The van der Waals surface area contributed by atoms with Gasteiger partial charge in [-0.25, -0.2) is 0 Å². The van der Waals surface area contributed by atoms with Crippen LogP contribution < -0.4 is 20.1 Å². The molecule has 1 aliphatic heterocycles. The molecular formula is C18H27ClN2O3. The molecule has 0 radical (unpaired) electrons. The molecule has 1 aromatic rings. The zero-order chi connectivity index (χ0) is 17.5. The molecule has 24 heavy (non-hydrogen) atoms. The number of nitrogens with one attached hydrogen (secondary N) is 2. The van der Waals surface area contributed by atoms with Crippen LogP contribution in [0.4, 0.5) is 0 Å². The van der Waals surface area contributed by atoms with Gasteiger partial charge in [0.2, 0.25) is 0 Å². The second-order valence-corrected chi connectivity index (χ2v) is 6.52. The Hall–Kier alpha value is -1.46. The number of ether oxygens (including phenoxy) is 2. The lowest BCUT2D eigenvalue weighted by atomic mass is 9.95. The van der Waals surface area contributed by atoms with Crippen molar-refractivity contribution in [2.24, 2.45) is 5.92 Å². The first-order valence-electron chi connectivity index (χ1n) is 8.67. The van der Waals surface area contributed by atoms with E-state index in [9.17, 15) is 4.79 Å². The van der Waals surface area contributed by atoms with E-state index in [1.165, 1.54) is 0 Å². The summed E-state index contributed by atoms with van der Waals surface area (Å²) in [6, 6.07) is 3.53. The largest absolute Gasteiger partial charge is 0.490 e. The van der Waals surface area contributed by atoms with E-state index in [0.29, 0.717) is 41.2 Å². The summed E-state index contributed by atoms with van der Waals surface area (Å²) < 4.78 is 11.3. The van der Waals surface area contributed by atoms with Crippen LogP contribution in [0.1, 0.15) is 44.0 Å². The van der Waals surface area contributed by atoms with Crippen molar-refractivity contribution >= 4 is 17.5 Å². The standard InChI is InChI=1S/C18H27ClN2O3/c1-4-8-24-17-14(19)9-13(10-16(17)23-5-2)18(22)21-15-6-7-20-11-12(15)3/h9-10,12,15,20H,4-8,11H2,1-3H3,(H,21,22). The summed E-state index contributed by atoms with van der Waals surface area (Å²) in [7, 11) is 0. The highest BCUT2D eigenvalue weighted by Crippen LogP contribution is 2.37. The van der Waals surface area contributed by atoms with Crippen LogP contribution in [0.15, 0.2) is 12.1 Å². The number of carbonyl (C=O) groups excluding carboxylic acids is 1. The predicted octanol–water partition coefficient (Wildman–Crippen LogP) is 3.26. The quantitative estimate of drug-likeness (QED) is 0.789. The summed E-state index contributed by atoms with van der Waals surface area (Å²) in [6.45, 7) is 8.92. The van der Waals surface area contributed by atoms with Crippen molar-refractivity contribution in [1.82, 2.24) is 10.6 Å². The Morgan fingerprint density at radius 1 is 1.38 bits per heavy atom. The fraction of sp³-hybridized carbons (Fsp3) is 0.611. The molecule has 2 rings (SSSR count). The summed E-state index contributed by atoms with van der Waals surface area (Å²) in [6.07, 6.45) is 1.80. The highest BCUT2D eigenvalue weighted by molar-refractivity contribution is 6.32. The molecule has 5 nitrogen and oxygen atoms in total. The molecule has 2 N–H and O–H groups in total. The zero-order valence-electron chi connectivity index (χ0n) is 14.7. The minimum atomic E-state index is -0.126. The minimum Gasteiger partial charge on any atom is -0.490 e. The molecule has 0 aliphatic carbocycles. The first kappa shape index (κ1) is 18.9. The van der Waals surface area contributed by atoms with Gasteiger partial charge in [-0.05, 0) is 50.9 Å². The third-order valence-electron chi connectivity index (χ3n) is 4.12. The van der Waals surface area contributed by atoms with Gasteiger partial charge in [-0.1, -0.05) is 25.4 Å². The zero-order valence-corrected chi connectivity index (χ0v) is 15.4. The third kappa shape index (κ3) is 4.77.